The summed E-state index contributed by atoms with van der Waals surface area (Å²) in [6, 6.07) is 7.39. The Morgan fingerprint density at radius 1 is 1.04 bits per heavy atom. The number of carbonyl (C=O) groups is 1. The second-order valence-corrected chi connectivity index (χ2v) is 9.80. The van der Waals surface area contributed by atoms with E-state index >= 15 is 0 Å². The number of aliphatic carboxylic acids is 1. The lowest BCUT2D eigenvalue weighted by atomic mass is 9.98. The molecule has 128 valence electrons. The minimum atomic E-state index is -0.805. The summed E-state index contributed by atoms with van der Waals surface area (Å²) in [5, 5.41) is 18.7. The molecule has 0 saturated carbocycles. The van der Waals surface area contributed by atoms with Gasteiger partial charge in [-0.15, -0.1) is 0 Å². The Morgan fingerprint density at radius 3 is 2.17 bits per heavy atom. The first-order valence-electron chi connectivity index (χ1n) is 6.75. The zero-order chi connectivity index (χ0) is 18.0. The van der Waals surface area contributed by atoms with Gasteiger partial charge in [-0.25, -0.2) is 0 Å². The monoisotopic (exact) mass is 776 g/mol. The number of halogens is 4. The summed E-state index contributed by atoms with van der Waals surface area (Å²) in [6.07, 6.45) is 0.0976. The van der Waals surface area contributed by atoms with Crippen LogP contribution in [0.1, 0.15) is 24.8 Å². The van der Waals surface area contributed by atoms with Gasteiger partial charge in [-0.2, -0.15) is 0 Å². The fourth-order valence-corrected chi connectivity index (χ4v) is 5.08. The van der Waals surface area contributed by atoms with E-state index in [0.29, 0.717) is 5.75 Å². The third-order valence-corrected chi connectivity index (χ3v) is 6.59. The maximum absolute atomic E-state index is 10.9. The van der Waals surface area contributed by atoms with E-state index in [9.17, 15) is 9.90 Å². The van der Waals surface area contributed by atoms with Crippen molar-refractivity contribution in [1.29, 1.82) is 0 Å². The van der Waals surface area contributed by atoms with Crippen molar-refractivity contribution in [3.05, 3.63) is 44.1 Å². The molecule has 0 aliphatic rings. The molecule has 4 nitrogen and oxygen atoms in total. The lowest BCUT2D eigenvalue weighted by molar-refractivity contribution is -0.137. The Morgan fingerprint density at radius 2 is 1.62 bits per heavy atom. The summed E-state index contributed by atoms with van der Waals surface area (Å²) in [6.45, 7) is 1.90. The van der Waals surface area contributed by atoms with Crippen molar-refractivity contribution < 1.29 is 19.7 Å². The average molecular weight is 776 g/mol. The highest BCUT2D eigenvalue weighted by atomic mass is 127. The van der Waals surface area contributed by atoms with Crippen LogP contribution in [0.5, 0.6) is 17.2 Å². The quantitative estimate of drug-likeness (QED) is 0.357. The summed E-state index contributed by atoms with van der Waals surface area (Å²) in [5.41, 5.74) is 0.980. The molecule has 0 aliphatic heterocycles. The van der Waals surface area contributed by atoms with E-state index in [4.69, 9.17) is 9.84 Å². The van der Waals surface area contributed by atoms with Crippen LogP contribution in [0.25, 0.3) is 0 Å². The van der Waals surface area contributed by atoms with E-state index in [1.165, 1.54) is 0 Å². The van der Waals surface area contributed by atoms with Gasteiger partial charge in [0.05, 0.1) is 20.7 Å². The molecule has 2 aromatic carbocycles. The summed E-state index contributed by atoms with van der Waals surface area (Å²) >= 11 is 8.59. The largest absolute Gasteiger partial charge is 0.507 e. The number of carboxylic acids is 1. The van der Waals surface area contributed by atoms with Crippen molar-refractivity contribution >= 4 is 96.3 Å². The highest BCUT2D eigenvalue weighted by Crippen LogP contribution is 2.38. The van der Waals surface area contributed by atoms with Crippen LogP contribution in [-0.4, -0.2) is 16.2 Å². The Bertz CT molecular complexity index is 769. The maximum Gasteiger partial charge on any atom is 0.303 e. The van der Waals surface area contributed by atoms with Crippen LogP contribution in [-0.2, 0) is 4.79 Å². The molecule has 1 unspecified atom stereocenters. The molecule has 0 spiro atoms. The lowest BCUT2D eigenvalue weighted by Gasteiger charge is -2.16. The smallest absolute Gasteiger partial charge is 0.303 e. The van der Waals surface area contributed by atoms with Crippen LogP contribution in [0.3, 0.4) is 0 Å². The van der Waals surface area contributed by atoms with Gasteiger partial charge in [0.2, 0.25) is 0 Å². The average Bonchev–Trinajstić information content (AvgIpc) is 2.47. The van der Waals surface area contributed by atoms with Gasteiger partial charge >= 0.3 is 5.97 Å². The topological polar surface area (TPSA) is 66.8 Å². The number of phenols is 1. The lowest BCUT2D eigenvalue weighted by Crippen LogP contribution is -2.04. The first kappa shape index (κ1) is 20.7. The number of rotatable bonds is 5. The van der Waals surface area contributed by atoms with Crippen molar-refractivity contribution in [3.8, 4) is 17.2 Å². The van der Waals surface area contributed by atoms with Gasteiger partial charge in [0.25, 0.3) is 0 Å². The maximum atomic E-state index is 10.9. The Hall–Kier alpha value is 0.430. The van der Waals surface area contributed by atoms with Crippen molar-refractivity contribution in [2.24, 2.45) is 0 Å². The van der Waals surface area contributed by atoms with E-state index in [0.717, 1.165) is 25.6 Å². The van der Waals surface area contributed by atoms with Crippen LogP contribution in [0, 0.1) is 14.3 Å². The number of aromatic hydroxyl groups is 1. The molecule has 2 rings (SSSR count). The minimum Gasteiger partial charge on any atom is -0.507 e. The molecule has 1 atom stereocenters. The van der Waals surface area contributed by atoms with Crippen LogP contribution in [0.2, 0.25) is 0 Å². The van der Waals surface area contributed by atoms with Gasteiger partial charge in [0.1, 0.15) is 11.5 Å². The number of carboxylic acid groups (broad SMARTS) is 1. The molecular formula is C16H12I4O4. The fourth-order valence-electron chi connectivity index (χ4n) is 2.05. The highest BCUT2D eigenvalue weighted by molar-refractivity contribution is 14.1. The molecule has 0 amide bonds. The number of hydrogen-bond acceptors (Lipinski definition) is 3. The second kappa shape index (κ2) is 8.88. The molecule has 2 aromatic rings. The molecular weight excluding hydrogens is 764 g/mol. The predicted molar refractivity (Wildman–Crippen MR) is 126 cm³/mol. The number of phenolic OH excluding ortho intramolecular Hbond substituents is 1. The van der Waals surface area contributed by atoms with E-state index in [2.05, 4.69) is 90.4 Å². The first-order chi connectivity index (χ1) is 11.2. The van der Waals surface area contributed by atoms with E-state index in [1.54, 1.807) is 12.1 Å². The normalized spacial score (nSPS) is 12.0. The fraction of sp³-hybridized carbons (Fsp3) is 0.188. The van der Waals surface area contributed by atoms with Gasteiger partial charge in [-0.3, -0.25) is 4.79 Å². The third kappa shape index (κ3) is 5.22. The minimum absolute atomic E-state index is 0.0617. The third-order valence-electron chi connectivity index (χ3n) is 3.28. The standard InChI is InChI=1S/C16H12I4O4/c1-7(2-15(22)23)8-3-11(19)16(12(20)4-8)24-14-6-9(17)13(21)5-10(14)18/h3-7,21H,2H2,1H3,(H,22,23). The predicted octanol–water partition coefficient (Wildman–Crippen LogP) is 6.18. The van der Waals surface area contributed by atoms with E-state index < -0.39 is 5.97 Å². The van der Waals surface area contributed by atoms with Crippen molar-refractivity contribution in [2.75, 3.05) is 0 Å². The zero-order valence-electron chi connectivity index (χ0n) is 12.3. The zero-order valence-corrected chi connectivity index (χ0v) is 20.9. The Balaban J connectivity index is 2.35. The van der Waals surface area contributed by atoms with Crippen LogP contribution < -0.4 is 4.74 Å². The van der Waals surface area contributed by atoms with Crippen molar-refractivity contribution in [2.45, 2.75) is 19.3 Å². The van der Waals surface area contributed by atoms with Gasteiger partial charge in [-0.05, 0) is 126 Å². The van der Waals surface area contributed by atoms with Gasteiger partial charge in [0.15, 0.2) is 5.75 Å². The Labute approximate surface area is 194 Å². The van der Waals surface area contributed by atoms with Gasteiger partial charge < -0.3 is 14.9 Å². The molecule has 0 saturated heterocycles. The number of benzene rings is 2. The summed E-state index contributed by atoms with van der Waals surface area (Å²) in [4.78, 5) is 10.9. The van der Waals surface area contributed by atoms with E-state index in [-0.39, 0.29) is 18.1 Å². The molecule has 0 radical (unpaired) electrons. The molecule has 0 heterocycles. The van der Waals surface area contributed by atoms with Gasteiger partial charge in [0, 0.05) is 0 Å². The second-order valence-electron chi connectivity index (χ2n) is 5.15. The molecule has 24 heavy (non-hydrogen) atoms. The number of hydrogen-bond donors (Lipinski definition) is 2. The molecule has 0 aliphatic carbocycles. The molecule has 8 heteroatoms. The summed E-state index contributed by atoms with van der Waals surface area (Å²) < 4.78 is 9.45. The SMILES string of the molecule is CC(CC(=O)O)c1cc(I)c(Oc2cc(I)c(O)cc2I)c(I)c1. The summed E-state index contributed by atoms with van der Waals surface area (Å²) in [7, 11) is 0. The molecule has 0 bridgehead atoms. The van der Waals surface area contributed by atoms with Crippen molar-refractivity contribution in [3.63, 3.8) is 0 Å². The molecule has 0 aromatic heterocycles. The van der Waals surface area contributed by atoms with Crippen LogP contribution in [0.4, 0.5) is 0 Å². The first-order valence-corrected chi connectivity index (χ1v) is 11.1. The molecule has 0 fully saturated rings. The van der Waals surface area contributed by atoms with Crippen molar-refractivity contribution in [1.82, 2.24) is 0 Å². The van der Waals surface area contributed by atoms with Gasteiger partial charge in [-0.1, -0.05) is 6.92 Å². The number of ether oxygens (including phenoxy) is 1. The Kier molecular flexibility index (Phi) is 7.67. The van der Waals surface area contributed by atoms with Crippen LogP contribution >= 0.6 is 90.4 Å². The summed E-state index contributed by atoms with van der Waals surface area (Å²) in [5.74, 6) is 0.783. The van der Waals surface area contributed by atoms with Crippen LogP contribution in [0.15, 0.2) is 24.3 Å². The van der Waals surface area contributed by atoms with E-state index in [1.807, 2.05) is 19.1 Å². The highest BCUT2D eigenvalue weighted by Gasteiger charge is 2.17. The molecule has 2 N–H and O–H groups in total.